The molecular formula is C16H21N3O2. The van der Waals surface area contributed by atoms with Crippen molar-refractivity contribution in [2.24, 2.45) is 0 Å². The molecule has 0 aliphatic carbocycles. The van der Waals surface area contributed by atoms with Gasteiger partial charge in [0.05, 0.1) is 18.0 Å². The largest absolute Gasteiger partial charge is 0.491 e. The van der Waals surface area contributed by atoms with Gasteiger partial charge in [0.2, 0.25) is 0 Å². The Labute approximate surface area is 124 Å². The Morgan fingerprint density at radius 1 is 1.33 bits per heavy atom. The fraction of sp³-hybridized carbons (Fsp3) is 0.438. The van der Waals surface area contributed by atoms with Crippen LogP contribution >= 0.6 is 0 Å². The Balaban J connectivity index is 1.80. The van der Waals surface area contributed by atoms with Gasteiger partial charge in [0.15, 0.2) is 0 Å². The molecule has 0 fully saturated rings. The summed E-state index contributed by atoms with van der Waals surface area (Å²) in [6.07, 6.45) is 3.79. The van der Waals surface area contributed by atoms with Crippen LogP contribution in [0, 0.1) is 0 Å². The molecule has 112 valence electrons. The van der Waals surface area contributed by atoms with Crippen molar-refractivity contribution in [1.82, 2.24) is 10.3 Å². The monoisotopic (exact) mass is 287 g/mol. The molecule has 5 heteroatoms. The Morgan fingerprint density at radius 2 is 2.24 bits per heavy atom. The second-order valence-electron chi connectivity index (χ2n) is 5.12. The van der Waals surface area contributed by atoms with Crippen molar-refractivity contribution >= 4 is 11.7 Å². The number of hydrogen-bond acceptors (Lipinski definition) is 5. The van der Waals surface area contributed by atoms with E-state index in [0.717, 1.165) is 56.2 Å². The van der Waals surface area contributed by atoms with Gasteiger partial charge < -0.3 is 14.5 Å². The minimum atomic E-state index is 0.640. The molecule has 2 heterocycles. The molecule has 1 aliphatic rings. The summed E-state index contributed by atoms with van der Waals surface area (Å²) < 4.78 is 11.4. The maximum Gasteiger partial charge on any atom is 0.302 e. The van der Waals surface area contributed by atoms with E-state index in [1.54, 1.807) is 6.26 Å². The predicted octanol–water partition coefficient (Wildman–Crippen LogP) is 3.09. The third kappa shape index (κ3) is 3.19. The first kappa shape index (κ1) is 13.9. The van der Waals surface area contributed by atoms with Crippen LogP contribution < -0.4 is 15.0 Å². The summed E-state index contributed by atoms with van der Waals surface area (Å²) in [5.74, 6) is 0.888. The van der Waals surface area contributed by atoms with Gasteiger partial charge in [0.1, 0.15) is 12.0 Å². The number of fused-ring (bicyclic) bond motifs is 1. The lowest BCUT2D eigenvalue weighted by Gasteiger charge is -2.19. The first-order valence-electron chi connectivity index (χ1n) is 7.53. The number of hydrogen-bond donors (Lipinski definition) is 1. The van der Waals surface area contributed by atoms with E-state index in [9.17, 15) is 0 Å². The van der Waals surface area contributed by atoms with Crippen LogP contribution in [-0.4, -0.2) is 24.7 Å². The van der Waals surface area contributed by atoms with E-state index >= 15 is 0 Å². The van der Waals surface area contributed by atoms with Crippen molar-refractivity contribution in [3.63, 3.8) is 0 Å². The van der Waals surface area contributed by atoms with E-state index in [0.29, 0.717) is 6.01 Å². The van der Waals surface area contributed by atoms with Crippen molar-refractivity contribution in [2.75, 3.05) is 24.6 Å². The number of oxazole rings is 1. The summed E-state index contributed by atoms with van der Waals surface area (Å²) in [4.78, 5) is 6.68. The number of anilines is 2. The van der Waals surface area contributed by atoms with Crippen molar-refractivity contribution < 1.29 is 9.15 Å². The maximum absolute atomic E-state index is 5.76. The van der Waals surface area contributed by atoms with Crippen molar-refractivity contribution in [3.05, 3.63) is 36.2 Å². The Kier molecular flexibility index (Phi) is 4.40. The molecule has 1 aromatic carbocycles. The zero-order chi connectivity index (χ0) is 14.5. The van der Waals surface area contributed by atoms with Gasteiger partial charge in [-0.05, 0) is 31.5 Å². The van der Waals surface area contributed by atoms with Gasteiger partial charge in [-0.3, -0.25) is 4.90 Å². The molecule has 0 unspecified atom stereocenters. The van der Waals surface area contributed by atoms with E-state index in [2.05, 4.69) is 22.1 Å². The molecule has 1 N–H and O–H groups in total. The molecule has 5 nitrogen and oxygen atoms in total. The molecular weight excluding hydrogens is 266 g/mol. The first-order chi connectivity index (χ1) is 10.4. The lowest BCUT2D eigenvalue weighted by atomic mass is 10.2. The van der Waals surface area contributed by atoms with Gasteiger partial charge in [-0.25, -0.2) is 0 Å². The quantitative estimate of drug-likeness (QED) is 0.856. The van der Waals surface area contributed by atoms with Crippen LogP contribution in [0.4, 0.5) is 11.7 Å². The molecule has 1 aliphatic heterocycles. The smallest absolute Gasteiger partial charge is 0.302 e. The zero-order valence-corrected chi connectivity index (χ0v) is 12.3. The molecule has 0 amide bonds. The van der Waals surface area contributed by atoms with Gasteiger partial charge in [0, 0.05) is 13.1 Å². The van der Waals surface area contributed by atoms with Crippen LogP contribution in [0.2, 0.25) is 0 Å². The third-order valence-corrected chi connectivity index (χ3v) is 3.44. The average Bonchev–Trinajstić information content (AvgIpc) is 2.87. The van der Waals surface area contributed by atoms with Crippen molar-refractivity contribution in [2.45, 2.75) is 26.3 Å². The van der Waals surface area contributed by atoms with Crippen LogP contribution in [-0.2, 0) is 6.54 Å². The van der Waals surface area contributed by atoms with Gasteiger partial charge in [-0.2, -0.15) is 4.98 Å². The second-order valence-corrected chi connectivity index (χ2v) is 5.12. The lowest BCUT2D eigenvalue weighted by molar-refractivity contribution is 0.322. The van der Waals surface area contributed by atoms with Gasteiger partial charge in [-0.1, -0.05) is 19.1 Å². The van der Waals surface area contributed by atoms with Gasteiger partial charge in [-0.15, -0.1) is 0 Å². The number of nitrogens with zero attached hydrogens (tertiary/aromatic N) is 2. The number of benzene rings is 1. The van der Waals surface area contributed by atoms with Crippen LogP contribution in [0.3, 0.4) is 0 Å². The highest BCUT2D eigenvalue weighted by atomic mass is 16.5. The number of para-hydroxylation sites is 2. The summed E-state index contributed by atoms with van der Waals surface area (Å²) in [5, 5.41) is 3.33. The van der Waals surface area contributed by atoms with Crippen molar-refractivity contribution in [1.29, 1.82) is 0 Å². The fourth-order valence-corrected chi connectivity index (χ4v) is 2.42. The SMILES string of the molecule is CCCNCc1coc(N2CCCOc3ccccc32)n1. The highest BCUT2D eigenvalue weighted by molar-refractivity contribution is 5.65. The van der Waals surface area contributed by atoms with Crippen LogP contribution in [0.1, 0.15) is 25.5 Å². The zero-order valence-electron chi connectivity index (χ0n) is 12.3. The standard InChI is InChI=1S/C16H21N3O2/c1-2-8-17-11-13-12-21-16(18-13)19-9-5-10-20-15-7-4-3-6-14(15)19/h3-4,6-7,12,17H,2,5,8-11H2,1H3. The molecule has 0 saturated carbocycles. The maximum atomic E-state index is 5.76. The average molecular weight is 287 g/mol. The van der Waals surface area contributed by atoms with Gasteiger partial charge in [0.25, 0.3) is 0 Å². The first-order valence-corrected chi connectivity index (χ1v) is 7.53. The fourth-order valence-electron chi connectivity index (χ4n) is 2.42. The second kappa shape index (κ2) is 6.63. The third-order valence-electron chi connectivity index (χ3n) is 3.44. The van der Waals surface area contributed by atoms with Crippen LogP contribution in [0.15, 0.2) is 34.9 Å². The summed E-state index contributed by atoms with van der Waals surface area (Å²) >= 11 is 0. The van der Waals surface area contributed by atoms with Crippen molar-refractivity contribution in [3.8, 4) is 5.75 Å². The molecule has 21 heavy (non-hydrogen) atoms. The van der Waals surface area contributed by atoms with E-state index in [1.807, 2.05) is 24.3 Å². The number of rotatable bonds is 5. The molecule has 2 aromatic rings. The van der Waals surface area contributed by atoms with E-state index in [-0.39, 0.29) is 0 Å². The summed E-state index contributed by atoms with van der Waals surface area (Å²) in [6, 6.07) is 8.66. The highest BCUT2D eigenvalue weighted by Crippen LogP contribution is 2.35. The van der Waals surface area contributed by atoms with Gasteiger partial charge >= 0.3 is 6.01 Å². The minimum Gasteiger partial charge on any atom is -0.491 e. The molecule has 0 radical (unpaired) electrons. The lowest BCUT2D eigenvalue weighted by Crippen LogP contribution is -2.18. The summed E-state index contributed by atoms with van der Waals surface area (Å²) in [5.41, 5.74) is 1.95. The van der Waals surface area contributed by atoms with Crippen LogP contribution in [0.25, 0.3) is 0 Å². The van der Waals surface area contributed by atoms with E-state index in [4.69, 9.17) is 9.15 Å². The minimum absolute atomic E-state index is 0.640. The normalized spacial score (nSPS) is 14.4. The van der Waals surface area contributed by atoms with Crippen LogP contribution in [0.5, 0.6) is 5.75 Å². The molecule has 3 rings (SSSR count). The topological polar surface area (TPSA) is 50.5 Å². The number of aromatic nitrogens is 1. The molecule has 0 bridgehead atoms. The number of ether oxygens (including phenoxy) is 1. The summed E-state index contributed by atoms with van der Waals surface area (Å²) in [6.45, 7) is 5.44. The molecule has 1 aromatic heterocycles. The number of nitrogens with one attached hydrogen (secondary N) is 1. The Bertz CT molecular complexity index is 582. The van der Waals surface area contributed by atoms with E-state index < -0.39 is 0 Å². The molecule has 0 spiro atoms. The highest BCUT2D eigenvalue weighted by Gasteiger charge is 2.21. The predicted molar refractivity (Wildman–Crippen MR) is 82.1 cm³/mol. The Hall–Kier alpha value is -2.01. The summed E-state index contributed by atoms with van der Waals surface area (Å²) in [7, 11) is 0. The van der Waals surface area contributed by atoms with E-state index in [1.165, 1.54) is 0 Å². The Morgan fingerprint density at radius 3 is 3.14 bits per heavy atom. The molecule has 0 saturated heterocycles. The molecule has 0 atom stereocenters.